The second-order valence-corrected chi connectivity index (χ2v) is 8.14. The van der Waals surface area contributed by atoms with Gasteiger partial charge in [0.05, 0.1) is 30.7 Å². The van der Waals surface area contributed by atoms with Gasteiger partial charge < -0.3 is 19.1 Å². The van der Waals surface area contributed by atoms with E-state index in [4.69, 9.17) is 14.2 Å². The molecule has 0 saturated carbocycles. The van der Waals surface area contributed by atoms with Crippen molar-refractivity contribution >= 4 is 0 Å². The van der Waals surface area contributed by atoms with Crippen LogP contribution >= 0.6 is 0 Å². The standard InChI is InChI=1S/C25H25N5O3/c1-26-12-17-4-6-18(7-5-17)21-11-24(33-29-21)23-14-27-13-22(28-23)19-8-9-25(31)30(15-19)16-20-3-2-10-32-20/h4-9,11,13-15,20,26H,2-3,10,12,16H2,1H3. The summed E-state index contributed by atoms with van der Waals surface area (Å²) in [7, 11) is 1.92. The maximum atomic E-state index is 12.3. The molecule has 1 unspecified atom stereocenters. The van der Waals surface area contributed by atoms with Crippen molar-refractivity contribution < 1.29 is 9.26 Å². The predicted octanol–water partition coefficient (Wildman–Crippen LogP) is 3.53. The monoisotopic (exact) mass is 443 g/mol. The zero-order chi connectivity index (χ0) is 22.6. The van der Waals surface area contributed by atoms with Crippen LogP contribution in [0.15, 0.2) is 70.4 Å². The van der Waals surface area contributed by atoms with Gasteiger partial charge in [-0.3, -0.25) is 9.78 Å². The molecule has 0 aliphatic carbocycles. The van der Waals surface area contributed by atoms with Crippen LogP contribution < -0.4 is 10.9 Å². The Bertz CT molecular complexity index is 1290. The molecule has 0 spiro atoms. The molecule has 0 radical (unpaired) electrons. The predicted molar refractivity (Wildman–Crippen MR) is 124 cm³/mol. The van der Waals surface area contributed by atoms with Gasteiger partial charge >= 0.3 is 0 Å². The van der Waals surface area contributed by atoms with Crippen molar-refractivity contribution in [3.05, 3.63) is 77.0 Å². The Morgan fingerprint density at radius 1 is 1.06 bits per heavy atom. The Morgan fingerprint density at radius 2 is 1.88 bits per heavy atom. The summed E-state index contributed by atoms with van der Waals surface area (Å²) in [4.78, 5) is 21.4. The van der Waals surface area contributed by atoms with Crippen LogP contribution in [0.3, 0.4) is 0 Å². The Labute approximate surface area is 191 Å². The maximum Gasteiger partial charge on any atom is 0.250 e. The van der Waals surface area contributed by atoms with Gasteiger partial charge in [-0.15, -0.1) is 0 Å². The van der Waals surface area contributed by atoms with Crippen molar-refractivity contribution in [3.8, 4) is 34.0 Å². The fourth-order valence-electron chi connectivity index (χ4n) is 3.99. The molecule has 8 heteroatoms. The molecule has 0 bridgehead atoms. The van der Waals surface area contributed by atoms with Gasteiger partial charge in [0.25, 0.3) is 5.56 Å². The molecular formula is C25H25N5O3. The quantitative estimate of drug-likeness (QED) is 0.467. The van der Waals surface area contributed by atoms with Gasteiger partial charge in [-0.2, -0.15) is 0 Å². The molecule has 3 aromatic heterocycles. The minimum Gasteiger partial charge on any atom is -0.376 e. The Hall–Kier alpha value is -3.62. The molecule has 33 heavy (non-hydrogen) atoms. The van der Waals surface area contributed by atoms with Crippen molar-refractivity contribution in [2.24, 2.45) is 0 Å². The molecule has 1 saturated heterocycles. The lowest BCUT2D eigenvalue weighted by Crippen LogP contribution is -2.25. The molecule has 1 aliphatic rings. The highest BCUT2D eigenvalue weighted by Crippen LogP contribution is 2.26. The first-order chi connectivity index (χ1) is 16.2. The number of aromatic nitrogens is 4. The van der Waals surface area contributed by atoms with Gasteiger partial charge in [0.1, 0.15) is 11.4 Å². The second kappa shape index (κ2) is 9.48. The zero-order valence-electron chi connectivity index (χ0n) is 18.4. The molecule has 1 fully saturated rings. The Balaban J connectivity index is 1.39. The van der Waals surface area contributed by atoms with Crippen LogP contribution in [0.4, 0.5) is 0 Å². The number of pyridine rings is 1. The minimum absolute atomic E-state index is 0.0565. The highest BCUT2D eigenvalue weighted by Gasteiger charge is 2.17. The molecular weight excluding hydrogens is 418 g/mol. The largest absolute Gasteiger partial charge is 0.376 e. The van der Waals surface area contributed by atoms with E-state index >= 15 is 0 Å². The molecule has 1 atom stereocenters. The fraction of sp³-hybridized carbons (Fsp3) is 0.280. The van der Waals surface area contributed by atoms with Gasteiger partial charge in [0.2, 0.25) is 0 Å². The van der Waals surface area contributed by atoms with Crippen molar-refractivity contribution in [3.63, 3.8) is 0 Å². The molecule has 5 rings (SSSR count). The highest BCUT2D eigenvalue weighted by molar-refractivity contribution is 5.66. The number of hydrogen-bond acceptors (Lipinski definition) is 7. The van der Waals surface area contributed by atoms with Crippen LogP contribution in [0.5, 0.6) is 0 Å². The third-order valence-electron chi connectivity index (χ3n) is 5.73. The summed E-state index contributed by atoms with van der Waals surface area (Å²) in [5, 5.41) is 7.34. The molecule has 0 amide bonds. The van der Waals surface area contributed by atoms with Crippen molar-refractivity contribution in [2.75, 3.05) is 13.7 Å². The SMILES string of the molecule is CNCc1ccc(-c2cc(-c3cncc(-c4ccc(=O)n(CC5CCCO5)c4)n3)on2)cc1. The lowest BCUT2D eigenvalue weighted by molar-refractivity contribution is 0.0962. The van der Waals surface area contributed by atoms with Crippen LogP contribution in [0.25, 0.3) is 34.0 Å². The third kappa shape index (κ3) is 4.76. The average Bonchev–Trinajstić information content (AvgIpc) is 3.54. The lowest BCUT2D eigenvalue weighted by Gasteiger charge is -2.12. The van der Waals surface area contributed by atoms with Gasteiger partial charge in [-0.25, -0.2) is 4.98 Å². The van der Waals surface area contributed by atoms with Crippen molar-refractivity contribution in [2.45, 2.75) is 32.0 Å². The number of nitrogens with one attached hydrogen (secondary N) is 1. The molecule has 4 aromatic rings. The Kier molecular flexibility index (Phi) is 6.10. The van der Waals surface area contributed by atoms with Crippen molar-refractivity contribution in [1.29, 1.82) is 0 Å². The van der Waals surface area contributed by atoms with Crippen LogP contribution in [0.1, 0.15) is 18.4 Å². The summed E-state index contributed by atoms with van der Waals surface area (Å²) >= 11 is 0. The zero-order valence-corrected chi connectivity index (χ0v) is 18.4. The molecule has 1 aromatic carbocycles. The van der Waals surface area contributed by atoms with Crippen LogP contribution in [0.2, 0.25) is 0 Å². The topological polar surface area (TPSA) is 95.1 Å². The summed E-state index contributed by atoms with van der Waals surface area (Å²) in [6.07, 6.45) is 7.22. The first kappa shape index (κ1) is 21.2. The highest BCUT2D eigenvalue weighted by atomic mass is 16.5. The Morgan fingerprint density at radius 3 is 2.67 bits per heavy atom. The smallest absolute Gasteiger partial charge is 0.250 e. The molecule has 1 N–H and O–H groups in total. The van der Waals surface area contributed by atoms with Crippen LogP contribution in [-0.2, 0) is 17.8 Å². The van der Waals surface area contributed by atoms with E-state index in [2.05, 4.69) is 27.6 Å². The van der Waals surface area contributed by atoms with E-state index in [0.29, 0.717) is 23.7 Å². The minimum atomic E-state index is -0.0565. The third-order valence-corrected chi connectivity index (χ3v) is 5.73. The van der Waals surface area contributed by atoms with E-state index in [0.717, 1.165) is 42.8 Å². The van der Waals surface area contributed by atoms with E-state index in [1.54, 1.807) is 29.1 Å². The van der Waals surface area contributed by atoms with Gasteiger partial charge in [0, 0.05) is 42.6 Å². The van der Waals surface area contributed by atoms with E-state index in [1.165, 1.54) is 5.56 Å². The summed E-state index contributed by atoms with van der Waals surface area (Å²) in [5.74, 6) is 0.534. The number of ether oxygens (including phenoxy) is 1. The molecule has 168 valence electrons. The molecule has 8 nitrogen and oxygen atoms in total. The molecule has 1 aliphatic heterocycles. The van der Waals surface area contributed by atoms with E-state index in [9.17, 15) is 4.79 Å². The van der Waals surface area contributed by atoms with Gasteiger partial charge in [-0.1, -0.05) is 29.4 Å². The van der Waals surface area contributed by atoms with Gasteiger partial charge in [-0.05, 0) is 31.5 Å². The summed E-state index contributed by atoms with van der Waals surface area (Å²) in [6, 6.07) is 13.3. The number of nitrogens with zero attached hydrogens (tertiary/aromatic N) is 4. The first-order valence-corrected chi connectivity index (χ1v) is 11.0. The summed E-state index contributed by atoms with van der Waals surface area (Å²) in [6.45, 7) is 2.11. The van der Waals surface area contributed by atoms with E-state index in [1.807, 2.05) is 31.4 Å². The fourth-order valence-corrected chi connectivity index (χ4v) is 3.99. The van der Waals surface area contributed by atoms with E-state index < -0.39 is 0 Å². The number of rotatable bonds is 7. The van der Waals surface area contributed by atoms with Crippen LogP contribution in [-0.4, -0.2) is 39.5 Å². The lowest BCUT2D eigenvalue weighted by atomic mass is 10.1. The summed E-state index contributed by atoms with van der Waals surface area (Å²) < 4.78 is 12.9. The van der Waals surface area contributed by atoms with Crippen molar-refractivity contribution in [1.82, 2.24) is 25.0 Å². The second-order valence-electron chi connectivity index (χ2n) is 8.14. The normalized spacial score (nSPS) is 15.7. The van der Waals surface area contributed by atoms with E-state index in [-0.39, 0.29) is 11.7 Å². The number of hydrogen-bond donors (Lipinski definition) is 1. The maximum absolute atomic E-state index is 12.3. The number of benzene rings is 1. The average molecular weight is 444 g/mol. The van der Waals surface area contributed by atoms with Gasteiger partial charge in [0.15, 0.2) is 5.76 Å². The molecule has 4 heterocycles. The van der Waals surface area contributed by atoms with Crippen LogP contribution in [0, 0.1) is 0 Å². The first-order valence-electron chi connectivity index (χ1n) is 11.0. The summed E-state index contributed by atoms with van der Waals surface area (Å²) in [5.41, 5.74) is 4.89.